The number of Topliss-reactive ketones (excluding diaryl/α,β-unsaturated/α-hetero) is 1. The lowest BCUT2D eigenvalue weighted by Gasteiger charge is -2.08. The van der Waals surface area contributed by atoms with E-state index in [1.807, 2.05) is 0 Å². The molecule has 0 spiro atoms. The Morgan fingerprint density at radius 2 is 2.12 bits per heavy atom. The summed E-state index contributed by atoms with van der Waals surface area (Å²) in [6.45, 7) is 0.951. The van der Waals surface area contributed by atoms with E-state index in [2.05, 4.69) is 5.32 Å². The van der Waals surface area contributed by atoms with Crippen LogP contribution in [0.2, 0.25) is 0 Å². The first-order valence-electron chi connectivity index (χ1n) is 5.76. The van der Waals surface area contributed by atoms with Gasteiger partial charge in [0.15, 0.2) is 0 Å². The van der Waals surface area contributed by atoms with Crippen LogP contribution in [0.4, 0.5) is 4.39 Å². The molecule has 1 aromatic rings. The highest BCUT2D eigenvalue weighted by atomic mass is 19.1. The zero-order valence-electron chi connectivity index (χ0n) is 9.21. The summed E-state index contributed by atoms with van der Waals surface area (Å²) < 4.78 is 12.7. The molecule has 1 aliphatic rings. The third kappa shape index (κ3) is 2.89. The Hall–Kier alpha value is -1.22. The quantitative estimate of drug-likeness (QED) is 0.843. The number of benzene rings is 1. The monoisotopic (exact) mass is 221 g/mol. The largest absolute Gasteiger partial charge is 0.307 e. The molecule has 0 bridgehead atoms. The van der Waals surface area contributed by atoms with E-state index in [-0.39, 0.29) is 17.6 Å². The fourth-order valence-corrected chi connectivity index (χ4v) is 2.05. The predicted octanol–water partition coefficient (Wildman–Crippen LogP) is 2.08. The Morgan fingerprint density at radius 3 is 2.75 bits per heavy atom. The molecule has 1 heterocycles. The van der Waals surface area contributed by atoms with Crippen LogP contribution in [0.1, 0.15) is 24.8 Å². The van der Waals surface area contributed by atoms with Gasteiger partial charge in [-0.25, -0.2) is 4.39 Å². The van der Waals surface area contributed by atoms with Gasteiger partial charge in [0.25, 0.3) is 0 Å². The Balaban J connectivity index is 1.82. The first-order chi connectivity index (χ1) is 7.75. The standard InChI is InChI=1S/C13H16FNO/c14-11-6-3-10(4-7-11)5-8-13(16)12-2-1-9-15-12/h3-4,6-7,12,15H,1-2,5,8-9H2. The Morgan fingerprint density at radius 1 is 1.38 bits per heavy atom. The smallest absolute Gasteiger partial charge is 0.150 e. The average Bonchev–Trinajstić information content (AvgIpc) is 2.81. The van der Waals surface area contributed by atoms with Crippen LogP contribution in [-0.4, -0.2) is 18.4 Å². The summed E-state index contributed by atoms with van der Waals surface area (Å²) in [4.78, 5) is 11.7. The fraction of sp³-hybridized carbons (Fsp3) is 0.462. The maximum atomic E-state index is 12.7. The number of rotatable bonds is 4. The molecule has 1 aliphatic heterocycles. The van der Waals surface area contributed by atoms with Crippen LogP contribution >= 0.6 is 0 Å². The maximum absolute atomic E-state index is 12.7. The van der Waals surface area contributed by atoms with Crippen LogP contribution in [0.15, 0.2) is 24.3 Å². The molecule has 16 heavy (non-hydrogen) atoms. The van der Waals surface area contributed by atoms with Gasteiger partial charge in [0.05, 0.1) is 6.04 Å². The molecule has 3 heteroatoms. The van der Waals surface area contributed by atoms with Gasteiger partial charge in [-0.1, -0.05) is 12.1 Å². The van der Waals surface area contributed by atoms with Crippen LogP contribution in [0.5, 0.6) is 0 Å². The number of hydrogen-bond donors (Lipinski definition) is 1. The molecule has 1 fully saturated rings. The molecule has 0 aromatic heterocycles. The Kier molecular flexibility index (Phi) is 3.67. The summed E-state index contributed by atoms with van der Waals surface area (Å²) in [6, 6.07) is 6.41. The molecule has 0 aliphatic carbocycles. The van der Waals surface area contributed by atoms with Gasteiger partial charge >= 0.3 is 0 Å². The van der Waals surface area contributed by atoms with Crippen LogP contribution in [0.25, 0.3) is 0 Å². The predicted molar refractivity (Wildman–Crippen MR) is 60.8 cm³/mol. The number of aryl methyl sites for hydroxylation is 1. The van der Waals surface area contributed by atoms with Crippen LogP contribution in [0, 0.1) is 5.82 Å². The van der Waals surface area contributed by atoms with Gasteiger partial charge in [0.2, 0.25) is 0 Å². The van der Waals surface area contributed by atoms with E-state index in [9.17, 15) is 9.18 Å². The van der Waals surface area contributed by atoms with Crippen LogP contribution in [-0.2, 0) is 11.2 Å². The lowest BCUT2D eigenvalue weighted by Crippen LogP contribution is -2.30. The summed E-state index contributed by atoms with van der Waals surface area (Å²) in [6.07, 6.45) is 3.30. The third-order valence-electron chi connectivity index (χ3n) is 3.02. The van der Waals surface area contributed by atoms with Gasteiger partial charge in [-0.15, -0.1) is 0 Å². The van der Waals surface area contributed by atoms with Gasteiger partial charge in [0.1, 0.15) is 11.6 Å². The van der Waals surface area contributed by atoms with Gasteiger partial charge in [0, 0.05) is 6.42 Å². The molecule has 1 saturated heterocycles. The SMILES string of the molecule is O=C(CCc1ccc(F)cc1)C1CCCN1. The summed E-state index contributed by atoms with van der Waals surface area (Å²) in [5, 5.41) is 3.19. The zero-order valence-corrected chi connectivity index (χ0v) is 9.21. The molecule has 2 rings (SSSR count). The summed E-state index contributed by atoms with van der Waals surface area (Å²) >= 11 is 0. The normalized spacial score (nSPS) is 19.9. The second kappa shape index (κ2) is 5.21. The molecular weight excluding hydrogens is 205 g/mol. The van der Waals surface area contributed by atoms with Crippen molar-refractivity contribution < 1.29 is 9.18 Å². The minimum Gasteiger partial charge on any atom is -0.307 e. The van der Waals surface area contributed by atoms with Crippen molar-refractivity contribution in [1.29, 1.82) is 0 Å². The molecule has 1 unspecified atom stereocenters. The lowest BCUT2D eigenvalue weighted by atomic mass is 10.0. The number of nitrogens with one attached hydrogen (secondary N) is 1. The van der Waals surface area contributed by atoms with Crippen LogP contribution in [0.3, 0.4) is 0 Å². The van der Waals surface area contributed by atoms with Crippen molar-refractivity contribution in [2.75, 3.05) is 6.54 Å². The summed E-state index contributed by atoms with van der Waals surface area (Å²) in [5.74, 6) is 0.0503. The zero-order chi connectivity index (χ0) is 11.4. The number of ketones is 1. The molecule has 0 radical (unpaired) electrons. The number of carbonyl (C=O) groups excluding carboxylic acids is 1. The number of halogens is 1. The summed E-state index contributed by atoms with van der Waals surface area (Å²) in [7, 11) is 0. The Bertz CT molecular complexity index is 355. The van der Waals surface area contributed by atoms with E-state index in [1.165, 1.54) is 12.1 Å². The van der Waals surface area contributed by atoms with Gasteiger partial charge in [-0.2, -0.15) is 0 Å². The second-order valence-electron chi connectivity index (χ2n) is 4.24. The van der Waals surface area contributed by atoms with Gasteiger partial charge in [-0.3, -0.25) is 4.79 Å². The number of hydrogen-bond acceptors (Lipinski definition) is 2. The van der Waals surface area contributed by atoms with Crippen molar-refractivity contribution in [3.8, 4) is 0 Å². The first-order valence-corrected chi connectivity index (χ1v) is 5.76. The van der Waals surface area contributed by atoms with E-state index in [1.54, 1.807) is 12.1 Å². The molecule has 86 valence electrons. The van der Waals surface area contributed by atoms with E-state index in [4.69, 9.17) is 0 Å². The molecule has 0 amide bonds. The van der Waals surface area contributed by atoms with E-state index >= 15 is 0 Å². The van der Waals surface area contributed by atoms with Gasteiger partial charge in [-0.05, 0) is 43.5 Å². The van der Waals surface area contributed by atoms with Crippen molar-refractivity contribution in [2.24, 2.45) is 0 Å². The highest BCUT2D eigenvalue weighted by Crippen LogP contribution is 2.11. The minimum atomic E-state index is -0.229. The Labute approximate surface area is 94.9 Å². The maximum Gasteiger partial charge on any atom is 0.150 e. The first kappa shape index (κ1) is 11.3. The van der Waals surface area contributed by atoms with Crippen molar-refractivity contribution in [2.45, 2.75) is 31.7 Å². The van der Waals surface area contributed by atoms with Crippen molar-refractivity contribution in [1.82, 2.24) is 5.32 Å². The third-order valence-corrected chi connectivity index (χ3v) is 3.02. The lowest BCUT2D eigenvalue weighted by molar-refractivity contribution is -0.120. The van der Waals surface area contributed by atoms with Gasteiger partial charge < -0.3 is 5.32 Å². The topological polar surface area (TPSA) is 29.1 Å². The average molecular weight is 221 g/mol. The van der Waals surface area contributed by atoms with E-state index < -0.39 is 0 Å². The number of carbonyl (C=O) groups is 1. The second-order valence-corrected chi connectivity index (χ2v) is 4.24. The van der Waals surface area contributed by atoms with Crippen molar-refractivity contribution in [3.63, 3.8) is 0 Å². The molecule has 1 aromatic carbocycles. The van der Waals surface area contributed by atoms with E-state index in [0.717, 1.165) is 24.9 Å². The van der Waals surface area contributed by atoms with Crippen molar-refractivity contribution in [3.05, 3.63) is 35.6 Å². The molecule has 1 N–H and O–H groups in total. The molecular formula is C13H16FNO. The van der Waals surface area contributed by atoms with Crippen molar-refractivity contribution >= 4 is 5.78 Å². The highest BCUT2D eigenvalue weighted by molar-refractivity contribution is 5.84. The fourth-order valence-electron chi connectivity index (χ4n) is 2.05. The molecule has 0 saturated carbocycles. The minimum absolute atomic E-state index is 0.0560. The highest BCUT2D eigenvalue weighted by Gasteiger charge is 2.21. The summed E-state index contributed by atoms with van der Waals surface area (Å²) in [5.41, 5.74) is 1.02. The molecule has 2 nitrogen and oxygen atoms in total. The molecule has 1 atom stereocenters. The van der Waals surface area contributed by atoms with Crippen LogP contribution < -0.4 is 5.32 Å². The van der Waals surface area contributed by atoms with E-state index in [0.29, 0.717) is 12.8 Å².